The predicted molar refractivity (Wildman–Crippen MR) is 105 cm³/mol. The molecule has 1 heterocycles. The maximum absolute atomic E-state index is 12.7. The number of hydrogen-bond donors (Lipinski definition) is 2. The highest BCUT2D eigenvalue weighted by Gasteiger charge is 2.12. The van der Waals surface area contributed by atoms with Crippen LogP contribution >= 0.6 is 27.5 Å². The molecule has 4 nitrogen and oxygen atoms in total. The van der Waals surface area contributed by atoms with Crippen molar-refractivity contribution in [2.24, 2.45) is 0 Å². The molecule has 126 valence electrons. The Labute approximate surface area is 159 Å². The lowest BCUT2D eigenvalue weighted by atomic mass is 10.1. The van der Waals surface area contributed by atoms with Gasteiger partial charge < -0.3 is 10.6 Å². The van der Waals surface area contributed by atoms with Gasteiger partial charge in [0.05, 0.1) is 11.3 Å². The van der Waals surface area contributed by atoms with Gasteiger partial charge in [0, 0.05) is 34.1 Å². The highest BCUT2D eigenvalue weighted by molar-refractivity contribution is 9.10. The monoisotopic (exact) mass is 415 g/mol. The lowest BCUT2D eigenvalue weighted by molar-refractivity contribution is 0.102. The summed E-state index contributed by atoms with van der Waals surface area (Å²) in [6.45, 7) is 0.609. The van der Waals surface area contributed by atoms with Crippen LogP contribution in [0.25, 0.3) is 0 Å². The molecule has 3 rings (SSSR count). The average molecular weight is 417 g/mol. The van der Waals surface area contributed by atoms with Crippen LogP contribution in [0, 0.1) is 0 Å². The van der Waals surface area contributed by atoms with Crippen LogP contribution in [0.1, 0.15) is 15.9 Å². The molecule has 0 unspecified atom stereocenters. The zero-order valence-electron chi connectivity index (χ0n) is 13.2. The van der Waals surface area contributed by atoms with Crippen LogP contribution in [-0.2, 0) is 6.54 Å². The Hall–Kier alpha value is -2.37. The van der Waals surface area contributed by atoms with Gasteiger partial charge in [-0.2, -0.15) is 0 Å². The Balaban J connectivity index is 1.76. The lowest BCUT2D eigenvalue weighted by Gasteiger charge is -2.13. The molecule has 2 aromatic carbocycles. The van der Waals surface area contributed by atoms with E-state index in [9.17, 15) is 4.79 Å². The maximum Gasteiger partial charge on any atom is 0.257 e. The summed E-state index contributed by atoms with van der Waals surface area (Å²) in [4.78, 5) is 16.7. The number of hydrogen-bond acceptors (Lipinski definition) is 3. The number of para-hydroxylation sites is 1. The number of halogens is 2. The van der Waals surface area contributed by atoms with Gasteiger partial charge in [0.25, 0.3) is 5.91 Å². The lowest BCUT2D eigenvalue weighted by Crippen LogP contribution is -2.15. The van der Waals surface area contributed by atoms with Crippen molar-refractivity contribution in [1.29, 1.82) is 0 Å². The molecule has 0 aliphatic heterocycles. The first-order valence-corrected chi connectivity index (χ1v) is 8.79. The fourth-order valence-electron chi connectivity index (χ4n) is 2.31. The zero-order chi connectivity index (χ0) is 17.6. The number of anilines is 2. The molecular formula is C19H15BrClN3O. The standard InChI is InChI=1S/C19H15BrClN3O/c20-16-11-14(21)5-6-18(16)24-19(25)15-3-1-2-4-17(15)23-12-13-7-9-22-10-8-13/h1-11,23H,12H2,(H,24,25). The molecule has 3 aromatic rings. The van der Waals surface area contributed by atoms with Crippen molar-refractivity contribution in [3.8, 4) is 0 Å². The molecular weight excluding hydrogens is 402 g/mol. The van der Waals surface area contributed by atoms with Crippen LogP contribution in [0.3, 0.4) is 0 Å². The molecule has 0 aliphatic carbocycles. The number of amides is 1. The number of nitrogens with one attached hydrogen (secondary N) is 2. The van der Waals surface area contributed by atoms with E-state index >= 15 is 0 Å². The molecule has 0 fully saturated rings. The van der Waals surface area contributed by atoms with Gasteiger partial charge in [-0.1, -0.05) is 23.7 Å². The fourth-order valence-corrected chi connectivity index (χ4v) is 3.10. The van der Waals surface area contributed by atoms with Crippen molar-refractivity contribution in [1.82, 2.24) is 4.98 Å². The topological polar surface area (TPSA) is 54.0 Å². The van der Waals surface area contributed by atoms with Crippen LogP contribution in [0.5, 0.6) is 0 Å². The normalized spacial score (nSPS) is 10.3. The van der Waals surface area contributed by atoms with E-state index in [1.165, 1.54) is 0 Å². The van der Waals surface area contributed by atoms with E-state index in [1.807, 2.05) is 30.3 Å². The van der Waals surface area contributed by atoms with Crippen molar-refractivity contribution in [3.63, 3.8) is 0 Å². The zero-order valence-corrected chi connectivity index (χ0v) is 15.5. The van der Waals surface area contributed by atoms with Crippen LogP contribution in [0.2, 0.25) is 5.02 Å². The van der Waals surface area contributed by atoms with Gasteiger partial charge in [-0.05, 0) is 64.0 Å². The third-order valence-electron chi connectivity index (χ3n) is 3.58. The number of carbonyl (C=O) groups excluding carboxylic acids is 1. The molecule has 0 saturated heterocycles. The Morgan fingerprint density at radius 2 is 1.80 bits per heavy atom. The maximum atomic E-state index is 12.7. The summed E-state index contributed by atoms with van der Waals surface area (Å²) in [7, 11) is 0. The van der Waals surface area contributed by atoms with E-state index < -0.39 is 0 Å². The molecule has 1 amide bonds. The highest BCUT2D eigenvalue weighted by atomic mass is 79.9. The van der Waals surface area contributed by atoms with Gasteiger partial charge in [-0.3, -0.25) is 9.78 Å². The Morgan fingerprint density at radius 3 is 2.56 bits per heavy atom. The number of rotatable bonds is 5. The first-order chi connectivity index (χ1) is 12.1. The summed E-state index contributed by atoms with van der Waals surface area (Å²) >= 11 is 9.35. The molecule has 2 N–H and O–H groups in total. The van der Waals surface area contributed by atoms with Crippen molar-refractivity contribution in [3.05, 3.63) is 87.6 Å². The summed E-state index contributed by atoms with van der Waals surface area (Å²) < 4.78 is 0.732. The second kappa shape index (κ2) is 8.14. The summed E-state index contributed by atoms with van der Waals surface area (Å²) in [6.07, 6.45) is 3.49. The first-order valence-electron chi connectivity index (χ1n) is 7.61. The van der Waals surface area contributed by atoms with Crippen molar-refractivity contribution >= 4 is 44.8 Å². The molecule has 0 atom stereocenters. The fraction of sp³-hybridized carbons (Fsp3) is 0.0526. The van der Waals surface area contributed by atoms with Crippen LogP contribution in [0.4, 0.5) is 11.4 Å². The Morgan fingerprint density at radius 1 is 1.04 bits per heavy atom. The van der Waals surface area contributed by atoms with E-state index in [0.717, 1.165) is 15.7 Å². The predicted octanol–water partition coefficient (Wildman–Crippen LogP) is 5.36. The van der Waals surface area contributed by atoms with E-state index in [4.69, 9.17) is 11.6 Å². The smallest absolute Gasteiger partial charge is 0.257 e. The Bertz CT molecular complexity index is 887. The second-order valence-electron chi connectivity index (χ2n) is 5.33. The number of aromatic nitrogens is 1. The third kappa shape index (κ3) is 4.59. The molecule has 0 bridgehead atoms. The van der Waals surface area contributed by atoms with E-state index in [2.05, 4.69) is 31.5 Å². The average Bonchev–Trinajstić information content (AvgIpc) is 2.63. The second-order valence-corrected chi connectivity index (χ2v) is 6.62. The number of benzene rings is 2. The van der Waals surface area contributed by atoms with Crippen molar-refractivity contribution in [2.45, 2.75) is 6.54 Å². The molecule has 0 spiro atoms. The van der Waals surface area contributed by atoms with E-state index in [-0.39, 0.29) is 5.91 Å². The SMILES string of the molecule is O=C(Nc1ccc(Cl)cc1Br)c1ccccc1NCc1ccncc1. The summed E-state index contributed by atoms with van der Waals surface area (Å²) in [5.74, 6) is -0.194. The molecule has 0 aliphatic rings. The van der Waals surface area contributed by atoms with Gasteiger partial charge in [0.1, 0.15) is 0 Å². The molecule has 25 heavy (non-hydrogen) atoms. The van der Waals surface area contributed by atoms with Gasteiger partial charge in [0.2, 0.25) is 0 Å². The van der Waals surface area contributed by atoms with Crippen LogP contribution in [-0.4, -0.2) is 10.9 Å². The molecule has 0 radical (unpaired) electrons. The minimum atomic E-state index is -0.194. The molecule has 1 aromatic heterocycles. The van der Waals surface area contributed by atoms with Crippen molar-refractivity contribution in [2.75, 3.05) is 10.6 Å². The minimum absolute atomic E-state index is 0.194. The van der Waals surface area contributed by atoms with E-state index in [1.54, 1.807) is 36.7 Å². The quantitative estimate of drug-likeness (QED) is 0.588. The summed E-state index contributed by atoms with van der Waals surface area (Å²) in [5.41, 5.74) is 3.09. The first kappa shape index (κ1) is 17.5. The summed E-state index contributed by atoms with van der Waals surface area (Å²) in [5, 5.41) is 6.80. The largest absolute Gasteiger partial charge is 0.380 e. The van der Waals surface area contributed by atoms with Gasteiger partial charge >= 0.3 is 0 Å². The van der Waals surface area contributed by atoms with Gasteiger partial charge in [-0.15, -0.1) is 0 Å². The van der Waals surface area contributed by atoms with E-state index in [0.29, 0.717) is 22.8 Å². The minimum Gasteiger partial charge on any atom is -0.380 e. The number of pyridine rings is 1. The number of carbonyl (C=O) groups is 1. The van der Waals surface area contributed by atoms with Gasteiger partial charge in [-0.25, -0.2) is 0 Å². The third-order valence-corrected chi connectivity index (χ3v) is 4.47. The summed E-state index contributed by atoms with van der Waals surface area (Å²) in [6, 6.07) is 16.5. The van der Waals surface area contributed by atoms with Crippen molar-refractivity contribution < 1.29 is 4.79 Å². The highest BCUT2D eigenvalue weighted by Crippen LogP contribution is 2.27. The van der Waals surface area contributed by atoms with Crippen LogP contribution in [0.15, 0.2) is 71.5 Å². The molecule has 6 heteroatoms. The Kier molecular flexibility index (Phi) is 5.68. The number of nitrogens with zero attached hydrogens (tertiary/aromatic N) is 1. The molecule has 0 saturated carbocycles. The van der Waals surface area contributed by atoms with Gasteiger partial charge in [0.15, 0.2) is 0 Å². The van der Waals surface area contributed by atoms with Crippen LogP contribution < -0.4 is 10.6 Å².